The van der Waals surface area contributed by atoms with Gasteiger partial charge in [0.15, 0.2) is 5.11 Å². The highest BCUT2D eigenvalue weighted by Crippen LogP contribution is 2.43. The molecular weight excluding hydrogens is 416 g/mol. The molecular formula is C23H25ClN4OS. The summed E-state index contributed by atoms with van der Waals surface area (Å²) in [6.07, 6.45) is 1.80. The van der Waals surface area contributed by atoms with Crippen LogP contribution in [0, 0.1) is 20.8 Å². The summed E-state index contributed by atoms with van der Waals surface area (Å²) < 4.78 is 2.24. The number of hydrogen-bond acceptors (Lipinski definition) is 3. The molecule has 2 atom stereocenters. The third-order valence-corrected chi connectivity index (χ3v) is 6.50. The van der Waals surface area contributed by atoms with Gasteiger partial charge in [-0.2, -0.15) is 0 Å². The lowest BCUT2D eigenvalue weighted by molar-refractivity contribution is 0.222. The van der Waals surface area contributed by atoms with Crippen LogP contribution >= 0.6 is 23.8 Å². The molecule has 0 saturated carbocycles. The van der Waals surface area contributed by atoms with Crippen molar-refractivity contribution in [3.05, 3.63) is 81.9 Å². The maximum atomic E-state index is 9.71. The van der Waals surface area contributed by atoms with Gasteiger partial charge in [0.05, 0.1) is 24.4 Å². The van der Waals surface area contributed by atoms with Crippen molar-refractivity contribution >= 4 is 28.9 Å². The Hall–Kier alpha value is -2.41. The molecule has 156 valence electrons. The van der Waals surface area contributed by atoms with Crippen molar-refractivity contribution in [2.45, 2.75) is 32.9 Å². The number of thiocarbonyl (C=S) groups is 1. The summed E-state index contributed by atoms with van der Waals surface area (Å²) in [4.78, 5) is 6.66. The van der Waals surface area contributed by atoms with Crippen LogP contribution in [0.4, 0.5) is 0 Å². The lowest BCUT2D eigenvalue weighted by Gasteiger charge is -2.28. The number of nitrogens with one attached hydrogen (secondary N) is 1. The van der Waals surface area contributed by atoms with Gasteiger partial charge >= 0.3 is 0 Å². The average molecular weight is 441 g/mol. The van der Waals surface area contributed by atoms with Gasteiger partial charge in [-0.15, -0.1) is 0 Å². The molecule has 1 aliphatic rings. The van der Waals surface area contributed by atoms with E-state index >= 15 is 0 Å². The second-order valence-corrected chi connectivity index (χ2v) is 8.39. The second-order valence-electron chi connectivity index (χ2n) is 7.57. The fourth-order valence-electron chi connectivity index (χ4n) is 4.51. The van der Waals surface area contributed by atoms with E-state index in [1.165, 1.54) is 11.1 Å². The predicted molar refractivity (Wildman–Crippen MR) is 124 cm³/mol. The molecule has 0 amide bonds. The minimum absolute atomic E-state index is 0.0271. The Kier molecular flexibility index (Phi) is 5.82. The van der Waals surface area contributed by atoms with E-state index in [1.807, 2.05) is 36.4 Å². The summed E-state index contributed by atoms with van der Waals surface area (Å²) in [7, 11) is 0. The Morgan fingerprint density at radius 3 is 2.60 bits per heavy atom. The van der Waals surface area contributed by atoms with Gasteiger partial charge in [0, 0.05) is 40.4 Å². The molecule has 4 rings (SSSR count). The van der Waals surface area contributed by atoms with Crippen molar-refractivity contribution < 1.29 is 5.11 Å². The van der Waals surface area contributed by atoms with E-state index in [2.05, 4.69) is 46.6 Å². The fourth-order valence-corrected chi connectivity index (χ4v) is 5.03. The number of aliphatic hydroxyl groups is 1. The van der Waals surface area contributed by atoms with E-state index < -0.39 is 0 Å². The monoisotopic (exact) mass is 440 g/mol. The molecule has 7 heteroatoms. The number of nitrogens with zero attached hydrogens (tertiary/aromatic N) is 3. The Balaban J connectivity index is 1.89. The van der Waals surface area contributed by atoms with E-state index in [9.17, 15) is 5.11 Å². The van der Waals surface area contributed by atoms with Crippen LogP contribution in [0.2, 0.25) is 5.02 Å². The number of benzene rings is 1. The Labute approximate surface area is 187 Å². The molecule has 2 N–H and O–H groups in total. The van der Waals surface area contributed by atoms with Crippen LogP contribution in [-0.2, 0) is 0 Å². The lowest BCUT2D eigenvalue weighted by atomic mass is 9.93. The first-order chi connectivity index (χ1) is 14.4. The van der Waals surface area contributed by atoms with Crippen molar-refractivity contribution in [1.29, 1.82) is 0 Å². The van der Waals surface area contributed by atoms with Gasteiger partial charge in [-0.3, -0.25) is 4.98 Å². The Morgan fingerprint density at radius 2 is 1.93 bits per heavy atom. The van der Waals surface area contributed by atoms with Crippen LogP contribution in [0.25, 0.3) is 5.69 Å². The van der Waals surface area contributed by atoms with Gasteiger partial charge < -0.3 is 19.9 Å². The molecule has 5 nitrogen and oxygen atoms in total. The van der Waals surface area contributed by atoms with Gasteiger partial charge in [-0.25, -0.2) is 0 Å². The van der Waals surface area contributed by atoms with Crippen molar-refractivity contribution in [1.82, 2.24) is 19.8 Å². The van der Waals surface area contributed by atoms with Crippen LogP contribution in [0.5, 0.6) is 0 Å². The molecule has 0 unspecified atom stereocenters. The van der Waals surface area contributed by atoms with E-state index in [1.54, 1.807) is 6.20 Å². The molecule has 1 fully saturated rings. The first kappa shape index (κ1) is 20.8. The molecule has 1 aliphatic heterocycles. The molecule has 3 heterocycles. The highest BCUT2D eigenvalue weighted by molar-refractivity contribution is 7.80. The molecule has 3 aromatic rings. The topological polar surface area (TPSA) is 53.3 Å². The normalized spacial score (nSPS) is 18.7. The number of rotatable bonds is 5. The first-order valence-corrected chi connectivity index (χ1v) is 10.8. The van der Waals surface area contributed by atoms with Crippen molar-refractivity contribution in [2.24, 2.45) is 0 Å². The van der Waals surface area contributed by atoms with E-state index in [0.29, 0.717) is 16.7 Å². The molecule has 1 aromatic carbocycles. The highest BCUT2D eigenvalue weighted by atomic mass is 35.5. The summed E-state index contributed by atoms with van der Waals surface area (Å²) in [6, 6.07) is 13.6. The molecule has 0 spiro atoms. The first-order valence-electron chi connectivity index (χ1n) is 9.97. The van der Waals surface area contributed by atoms with Gasteiger partial charge in [-0.1, -0.05) is 23.7 Å². The van der Waals surface area contributed by atoms with Crippen LogP contribution in [0.15, 0.2) is 48.7 Å². The lowest BCUT2D eigenvalue weighted by Crippen LogP contribution is -2.32. The highest BCUT2D eigenvalue weighted by Gasteiger charge is 2.42. The number of halogens is 1. The van der Waals surface area contributed by atoms with E-state index in [4.69, 9.17) is 23.8 Å². The Morgan fingerprint density at radius 1 is 1.13 bits per heavy atom. The van der Waals surface area contributed by atoms with Crippen molar-refractivity contribution in [2.75, 3.05) is 13.2 Å². The zero-order valence-corrected chi connectivity index (χ0v) is 18.8. The van der Waals surface area contributed by atoms with Crippen molar-refractivity contribution in [3.63, 3.8) is 0 Å². The standard InChI is InChI=1S/C23H25ClN4OS/c1-14-15(2)28(18-8-6-7-17(24)13-18)16(3)20(14)22-21(19-9-4-5-10-25-19)26-23(30)27(22)11-12-29/h4-10,13,21-22,29H,11-12H2,1-3H3,(H,26,30)/t21-,22-/m0/s1. The number of hydrogen-bond donors (Lipinski definition) is 2. The molecule has 30 heavy (non-hydrogen) atoms. The fraction of sp³-hybridized carbons (Fsp3) is 0.304. The van der Waals surface area contributed by atoms with Crippen LogP contribution in [-0.4, -0.2) is 37.8 Å². The van der Waals surface area contributed by atoms with Crippen molar-refractivity contribution in [3.8, 4) is 5.69 Å². The third kappa shape index (κ3) is 3.49. The molecule has 2 aromatic heterocycles. The summed E-state index contributed by atoms with van der Waals surface area (Å²) in [6.45, 7) is 6.88. The second kappa shape index (κ2) is 8.38. The average Bonchev–Trinajstić information content (AvgIpc) is 3.16. The number of aromatic nitrogens is 2. The summed E-state index contributed by atoms with van der Waals surface area (Å²) >= 11 is 11.9. The smallest absolute Gasteiger partial charge is 0.170 e. The van der Waals surface area contributed by atoms with Crippen LogP contribution in [0.1, 0.15) is 40.3 Å². The minimum atomic E-state index is -0.0998. The number of β-amino-alcohol motifs (C(OH)–C–C–N with tert-alkyl or cyclic N) is 1. The van der Waals surface area contributed by atoms with Gasteiger partial charge in [0.1, 0.15) is 0 Å². The maximum absolute atomic E-state index is 9.71. The SMILES string of the molecule is Cc1c([C@H]2[C@H](c3ccccn3)NC(=S)N2CCO)c(C)n(-c2cccc(Cl)c2)c1C. The molecule has 0 aliphatic carbocycles. The summed E-state index contributed by atoms with van der Waals surface area (Å²) in [5, 5.41) is 14.5. The van der Waals surface area contributed by atoms with Crippen LogP contribution in [0.3, 0.4) is 0 Å². The van der Waals surface area contributed by atoms with Crippen LogP contribution < -0.4 is 5.32 Å². The molecule has 1 saturated heterocycles. The largest absolute Gasteiger partial charge is 0.395 e. The van der Waals surface area contributed by atoms with E-state index in [0.717, 1.165) is 22.8 Å². The third-order valence-electron chi connectivity index (χ3n) is 5.91. The quantitative estimate of drug-likeness (QED) is 0.575. The minimum Gasteiger partial charge on any atom is -0.395 e. The Bertz CT molecular complexity index is 1080. The van der Waals surface area contributed by atoms with E-state index in [-0.39, 0.29) is 18.7 Å². The molecule has 0 bridgehead atoms. The number of pyridine rings is 1. The van der Waals surface area contributed by atoms with Gasteiger partial charge in [-0.05, 0) is 68.9 Å². The van der Waals surface area contributed by atoms with Gasteiger partial charge in [0.2, 0.25) is 0 Å². The predicted octanol–water partition coefficient (Wildman–Crippen LogP) is 4.42. The summed E-state index contributed by atoms with van der Waals surface area (Å²) in [5.74, 6) is 0. The number of aliphatic hydroxyl groups excluding tert-OH is 1. The summed E-state index contributed by atoms with van der Waals surface area (Å²) in [5.41, 5.74) is 6.65. The zero-order valence-electron chi connectivity index (χ0n) is 17.3. The molecule has 0 radical (unpaired) electrons. The zero-order chi connectivity index (χ0) is 21.4. The van der Waals surface area contributed by atoms with Gasteiger partial charge in [0.25, 0.3) is 0 Å². The maximum Gasteiger partial charge on any atom is 0.170 e.